The van der Waals surface area contributed by atoms with Crippen LogP contribution in [0.3, 0.4) is 0 Å². The van der Waals surface area contributed by atoms with Crippen molar-refractivity contribution < 1.29 is 18.0 Å². The topological polar surface area (TPSA) is 20.3 Å². The van der Waals surface area contributed by atoms with Crippen LogP contribution in [0.1, 0.15) is 29.8 Å². The first-order chi connectivity index (χ1) is 8.59. The van der Waals surface area contributed by atoms with Crippen molar-refractivity contribution in [1.82, 2.24) is 4.90 Å². The summed E-state index contributed by atoms with van der Waals surface area (Å²) in [6, 6.07) is 4.14. The molecular formula is C13H15ClF3NO. The summed E-state index contributed by atoms with van der Waals surface area (Å²) < 4.78 is 37.2. The zero-order valence-electron chi connectivity index (χ0n) is 10.9. The molecule has 2 nitrogen and oxygen atoms in total. The third-order valence-electron chi connectivity index (χ3n) is 3.00. The molecule has 1 rings (SSSR count). The zero-order valence-corrected chi connectivity index (χ0v) is 11.6. The lowest BCUT2D eigenvalue weighted by molar-refractivity contribution is -0.137. The molecule has 0 saturated carbocycles. The molecule has 0 aliphatic heterocycles. The van der Waals surface area contributed by atoms with Crippen LogP contribution in [0.25, 0.3) is 0 Å². The predicted molar refractivity (Wildman–Crippen MR) is 68.3 cm³/mol. The van der Waals surface area contributed by atoms with Gasteiger partial charge >= 0.3 is 6.18 Å². The summed E-state index contributed by atoms with van der Waals surface area (Å²) in [6.45, 7) is 3.56. The largest absolute Gasteiger partial charge is 0.416 e. The lowest BCUT2D eigenvalue weighted by Crippen LogP contribution is -2.46. The van der Waals surface area contributed by atoms with Crippen LogP contribution in [0.2, 0.25) is 0 Å². The van der Waals surface area contributed by atoms with E-state index in [9.17, 15) is 18.0 Å². The van der Waals surface area contributed by atoms with Crippen molar-refractivity contribution >= 4 is 17.5 Å². The van der Waals surface area contributed by atoms with Crippen molar-refractivity contribution in [3.05, 3.63) is 35.4 Å². The fourth-order valence-corrected chi connectivity index (χ4v) is 1.54. The van der Waals surface area contributed by atoms with Crippen molar-refractivity contribution in [1.29, 1.82) is 0 Å². The van der Waals surface area contributed by atoms with Crippen molar-refractivity contribution in [3.8, 4) is 0 Å². The predicted octanol–water partition coefficient (Wildman–Crippen LogP) is 3.79. The van der Waals surface area contributed by atoms with Gasteiger partial charge in [-0.1, -0.05) is 0 Å². The maximum absolute atomic E-state index is 12.4. The van der Waals surface area contributed by atoms with Crippen molar-refractivity contribution in [2.45, 2.75) is 25.6 Å². The minimum absolute atomic E-state index is 0.202. The number of carbonyl (C=O) groups excluding carboxylic acids is 1. The van der Waals surface area contributed by atoms with Gasteiger partial charge in [0.15, 0.2) is 0 Å². The number of hydrogen-bond acceptors (Lipinski definition) is 1. The summed E-state index contributed by atoms with van der Waals surface area (Å²) in [7, 11) is 1.57. The number of amides is 1. The summed E-state index contributed by atoms with van der Waals surface area (Å²) in [5.74, 6) is -0.130. The fourth-order valence-electron chi connectivity index (χ4n) is 1.36. The molecule has 0 heterocycles. The van der Waals surface area contributed by atoms with Gasteiger partial charge in [-0.05, 0) is 38.1 Å². The molecular weight excluding hydrogens is 279 g/mol. The maximum atomic E-state index is 12.4. The average molecular weight is 294 g/mol. The van der Waals surface area contributed by atoms with Gasteiger partial charge in [0, 0.05) is 18.5 Å². The summed E-state index contributed by atoms with van der Waals surface area (Å²) >= 11 is 5.76. The van der Waals surface area contributed by atoms with Crippen molar-refractivity contribution in [2.75, 3.05) is 12.9 Å². The Morgan fingerprint density at radius 3 is 2.05 bits per heavy atom. The second kappa shape index (κ2) is 5.41. The van der Waals surface area contributed by atoms with Gasteiger partial charge in [-0.2, -0.15) is 13.2 Å². The molecule has 6 heteroatoms. The van der Waals surface area contributed by atoms with E-state index in [0.717, 1.165) is 12.1 Å². The van der Waals surface area contributed by atoms with Gasteiger partial charge in [0.05, 0.1) is 11.1 Å². The van der Waals surface area contributed by atoms with Gasteiger partial charge in [0.1, 0.15) is 0 Å². The van der Waals surface area contributed by atoms with Crippen LogP contribution in [-0.2, 0) is 6.18 Å². The average Bonchev–Trinajstić information content (AvgIpc) is 2.36. The van der Waals surface area contributed by atoms with E-state index in [2.05, 4.69) is 0 Å². The number of benzene rings is 1. The monoisotopic (exact) mass is 293 g/mol. The summed E-state index contributed by atoms with van der Waals surface area (Å²) in [5.41, 5.74) is -1.14. The second-order valence-electron chi connectivity index (χ2n) is 4.89. The molecule has 19 heavy (non-hydrogen) atoms. The highest BCUT2D eigenvalue weighted by molar-refractivity contribution is 6.18. The molecule has 0 N–H and O–H groups in total. The number of rotatable bonds is 3. The molecule has 0 spiro atoms. The smallest absolute Gasteiger partial charge is 0.335 e. The van der Waals surface area contributed by atoms with E-state index in [1.54, 1.807) is 20.9 Å². The van der Waals surface area contributed by atoms with E-state index < -0.39 is 17.3 Å². The normalized spacial score (nSPS) is 12.4. The number of alkyl halides is 4. The Hall–Kier alpha value is -1.23. The Morgan fingerprint density at radius 2 is 1.68 bits per heavy atom. The Labute approximate surface area is 115 Å². The van der Waals surface area contributed by atoms with E-state index in [4.69, 9.17) is 11.6 Å². The summed E-state index contributed by atoms with van der Waals surface area (Å²) in [4.78, 5) is 13.5. The minimum Gasteiger partial charge on any atom is -0.335 e. The molecule has 0 aromatic heterocycles. The molecule has 1 aromatic rings. The molecule has 0 aliphatic rings. The van der Waals surface area contributed by atoms with Crippen LogP contribution in [0.15, 0.2) is 24.3 Å². The molecule has 106 valence electrons. The molecule has 0 bridgehead atoms. The van der Waals surface area contributed by atoms with Gasteiger partial charge in [-0.15, -0.1) is 11.6 Å². The Morgan fingerprint density at radius 1 is 1.21 bits per heavy atom. The van der Waals surface area contributed by atoms with Gasteiger partial charge < -0.3 is 4.90 Å². The number of hydrogen-bond donors (Lipinski definition) is 0. The molecule has 1 aromatic carbocycles. The Kier molecular flexibility index (Phi) is 4.50. The highest BCUT2D eigenvalue weighted by atomic mass is 35.5. The van der Waals surface area contributed by atoms with Gasteiger partial charge in [0.2, 0.25) is 0 Å². The first-order valence-electron chi connectivity index (χ1n) is 5.61. The number of nitrogens with zero attached hydrogens (tertiary/aromatic N) is 1. The number of halogens is 4. The van der Waals surface area contributed by atoms with Crippen LogP contribution < -0.4 is 0 Å². The Bertz CT molecular complexity index is 454. The zero-order chi connectivity index (χ0) is 14.8. The molecule has 0 saturated heterocycles. The van der Waals surface area contributed by atoms with Crippen molar-refractivity contribution in [2.24, 2.45) is 0 Å². The van der Waals surface area contributed by atoms with Gasteiger partial charge in [-0.25, -0.2) is 0 Å². The second-order valence-corrected chi connectivity index (χ2v) is 5.15. The molecule has 0 fully saturated rings. The quantitative estimate of drug-likeness (QED) is 0.776. The van der Waals surface area contributed by atoms with E-state index >= 15 is 0 Å². The van der Waals surface area contributed by atoms with E-state index in [1.807, 2.05) is 0 Å². The summed E-state index contributed by atoms with van der Waals surface area (Å²) in [6.07, 6.45) is -4.40. The summed E-state index contributed by atoms with van der Waals surface area (Å²) in [5, 5.41) is 0. The highest BCUT2D eigenvalue weighted by Gasteiger charge is 2.31. The van der Waals surface area contributed by atoms with E-state index in [1.165, 1.54) is 17.0 Å². The van der Waals surface area contributed by atoms with Gasteiger partial charge in [-0.3, -0.25) is 4.79 Å². The van der Waals surface area contributed by atoms with Crippen LogP contribution >= 0.6 is 11.6 Å². The lowest BCUT2D eigenvalue weighted by atomic mass is 10.0. The molecule has 1 amide bonds. The Balaban J connectivity index is 2.96. The first kappa shape index (κ1) is 15.8. The van der Waals surface area contributed by atoms with Gasteiger partial charge in [0.25, 0.3) is 5.91 Å². The fraction of sp³-hybridized carbons (Fsp3) is 0.462. The minimum atomic E-state index is -4.40. The molecule has 0 unspecified atom stereocenters. The lowest BCUT2D eigenvalue weighted by Gasteiger charge is -2.34. The molecule has 0 atom stereocenters. The SMILES string of the molecule is CN(C(=O)c1ccc(C(F)(F)F)cc1)C(C)(C)CCl. The van der Waals surface area contributed by atoms with Crippen LogP contribution in [0.5, 0.6) is 0 Å². The van der Waals surface area contributed by atoms with Crippen LogP contribution in [-0.4, -0.2) is 29.3 Å². The van der Waals surface area contributed by atoms with Crippen LogP contribution in [0.4, 0.5) is 13.2 Å². The third-order valence-corrected chi connectivity index (χ3v) is 3.65. The van der Waals surface area contributed by atoms with Crippen molar-refractivity contribution in [3.63, 3.8) is 0 Å². The van der Waals surface area contributed by atoms with E-state index in [-0.39, 0.29) is 17.4 Å². The first-order valence-corrected chi connectivity index (χ1v) is 6.14. The standard InChI is InChI=1S/C13H15ClF3NO/c1-12(2,8-14)18(3)11(19)9-4-6-10(7-5-9)13(15,16)17/h4-7H,8H2,1-3H3. The molecule has 0 radical (unpaired) electrons. The maximum Gasteiger partial charge on any atom is 0.416 e. The molecule has 0 aliphatic carbocycles. The van der Waals surface area contributed by atoms with E-state index in [0.29, 0.717) is 0 Å². The number of carbonyl (C=O) groups is 1. The third kappa shape index (κ3) is 3.62. The van der Waals surface area contributed by atoms with Crippen LogP contribution in [0, 0.1) is 0 Å². The highest BCUT2D eigenvalue weighted by Crippen LogP contribution is 2.29.